The van der Waals surface area contributed by atoms with E-state index in [1.54, 1.807) is 0 Å². The Morgan fingerprint density at radius 1 is 1.15 bits per heavy atom. The van der Waals surface area contributed by atoms with Gasteiger partial charge in [-0.1, -0.05) is 12.1 Å². The molecule has 13 heavy (non-hydrogen) atoms. The number of hydrogen-bond acceptors (Lipinski definition) is 1. The molecule has 0 amide bonds. The van der Waals surface area contributed by atoms with Gasteiger partial charge in [0, 0.05) is 5.39 Å². The minimum Gasteiger partial charge on any atom is -0.317 e. The number of fused-ring (bicyclic) bond motifs is 1. The molecular formula is C9H5F2NO. The summed E-state index contributed by atoms with van der Waals surface area (Å²) in [6, 6.07) is 5.19. The van der Waals surface area contributed by atoms with Crippen LogP contribution in [0.25, 0.3) is 10.9 Å². The van der Waals surface area contributed by atoms with E-state index in [9.17, 15) is 13.6 Å². The summed E-state index contributed by atoms with van der Waals surface area (Å²) in [6.45, 7) is 0. The SMILES string of the molecule is O=c1[nH]c2c(F)cccc2cc1F. The second-order valence-electron chi connectivity index (χ2n) is 2.65. The third-order valence-electron chi connectivity index (χ3n) is 1.78. The molecule has 2 aromatic rings. The fraction of sp³-hybridized carbons (Fsp3) is 0. The summed E-state index contributed by atoms with van der Waals surface area (Å²) in [5.41, 5.74) is -0.869. The molecule has 0 bridgehead atoms. The van der Waals surface area contributed by atoms with Crippen LogP contribution in [-0.4, -0.2) is 4.98 Å². The second kappa shape index (κ2) is 2.65. The maximum atomic E-state index is 13.0. The molecule has 1 heterocycles. The molecule has 0 aliphatic rings. The van der Waals surface area contributed by atoms with Gasteiger partial charge < -0.3 is 4.98 Å². The number of rotatable bonds is 0. The number of aromatic nitrogens is 1. The highest BCUT2D eigenvalue weighted by Crippen LogP contribution is 2.13. The van der Waals surface area contributed by atoms with Crippen molar-refractivity contribution in [3.8, 4) is 0 Å². The highest BCUT2D eigenvalue weighted by molar-refractivity contribution is 5.78. The first-order chi connectivity index (χ1) is 6.18. The van der Waals surface area contributed by atoms with E-state index in [0.29, 0.717) is 5.39 Å². The molecule has 0 radical (unpaired) electrons. The lowest BCUT2D eigenvalue weighted by Crippen LogP contribution is -2.10. The highest BCUT2D eigenvalue weighted by Gasteiger charge is 2.04. The predicted molar refractivity (Wildman–Crippen MR) is 44.5 cm³/mol. The molecule has 2 nitrogen and oxygen atoms in total. The summed E-state index contributed by atoms with van der Waals surface area (Å²) < 4.78 is 25.7. The standard InChI is InChI=1S/C9H5F2NO/c10-6-3-1-2-5-4-7(11)9(13)12-8(5)6/h1-4H,(H,12,13). The maximum Gasteiger partial charge on any atom is 0.284 e. The minimum atomic E-state index is -0.905. The van der Waals surface area contributed by atoms with Crippen LogP contribution in [-0.2, 0) is 0 Å². The van der Waals surface area contributed by atoms with Crippen LogP contribution in [0.1, 0.15) is 0 Å². The van der Waals surface area contributed by atoms with Crippen molar-refractivity contribution in [1.29, 1.82) is 0 Å². The largest absolute Gasteiger partial charge is 0.317 e. The Labute approximate surface area is 71.8 Å². The van der Waals surface area contributed by atoms with Crippen LogP contribution >= 0.6 is 0 Å². The van der Waals surface area contributed by atoms with Crippen molar-refractivity contribution in [2.45, 2.75) is 0 Å². The monoisotopic (exact) mass is 181 g/mol. The average molecular weight is 181 g/mol. The number of nitrogens with one attached hydrogen (secondary N) is 1. The van der Waals surface area contributed by atoms with Crippen LogP contribution in [0.4, 0.5) is 8.78 Å². The van der Waals surface area contributed by atoms with E-state index in [4.69, 9.17) is 0 Å². The Hall–Kier alpha value is -1.71. The van der Waals surface area contributed by atoms with Crippen molar-refractivity contribution in [2.24, 2.45) is 0 Å². The fourth-order valence-corrected chi connectivity index (χ4v) is 1.17. The predicted octanol–water partition coefficient (Wildman–Crippen LogP) is 1.81. The van der Waals surface area contributed by atoms with Crippen molar-refractivity contribution >= 4 is 10.9 Å². The van der Waals surface area contributed by atoms with Gasteiger partial charge in [-0.3, -0.25) is 4.79 Å². The Morgan fingerprint density at radius 3 is 2.69 bits per heavy atom. The van der Waals surface area contributed by atoms with Gasteiger partial charge in [-0.15, -0.1) is 0 Å². The van der Waals surface area contributed by atoms with Gasteiger partial charge in [-0.2, -0.15) is 0 Å². The first-order valence-corrected chi connectivity index (χ1v) is 3.65. The molecular weight excluding hydrogens is 176 g/mol. The zero-order valence-electron chi connectivity index (χ0n) is 6.47. The Bertz CT molecular complexity index is 518. The molecule has 2 rings (SSSR count). The topological polar surface area (TPSA) is 32.9 Å². The minimum absolute atomic E-state index is 0.0360. The van der Waals surface area contributed by atoms with Gasteiger partial charge in [0.25, 0.3) is 5.56 Å². The Balaban J connectivity index is 2.97. The molecule has 1 aromatic carbocycles. The molecule has 0 saturated carbocycles. The van der Waals surface area contributed by atoms with E-state index in [0.717, 1.165) is 6.07 Å². The van der Waals surface area contributed by atoms with E-state index in [1.807, 2.05) is 0 Å². The lowest BCUT2D eigenvalue weighted by Gasteiger charge is -1.97. The van der Waals surface area contributed by atoms with Crippen molar-refractivity contribution in [2.75, 3.05) is 0 Å². The zero-order valence-corrected chi connectivity index (χ0v) is 6.47. The summed E-state index contributed by atoms with van der Waals surface area (Å²) in [6.07, 6.45) is 0. The highest BCUT2D eigenvalue weighted by atomic mass is 19.1. The number of H-pyrrole nitrogens is 1. The number of para-hydroxylation sites is 1. The molecule has 4 heteroatoms. The molecule has 1 N–H and O–H groups in total. The molecule has 1 aromatic heterocycles. The molecule has 0 spiro atoms. The number of pyridine rings is 1. The molecule has 66 valence electrons. The van der Waals surface area contributed by atoms with Crippen LogP contribution in [0, 0.1) is 11.6 Å². The van der Waals surface area contributed by atoms with Gasteiger partial charge in [0.2, 0.25) is 0 Å². The Kier molecular flexibility index (Phi) is 1.62. The van der Waals surface area contributed by atoms with Gasteiger partial charge in [0.15, 0.2) is 5.82 Å². The number of hydrogen-bond donors (Lipinski definition) is 1. The summed E-state index contributed by atoms with van der Waals surface area (Å²) in [5, 5.41) is 0.345. The lowest BCUT2D eigenvalue weighted by atomic mass is 10.2. The van der Waals surface area contributed by atoms with Crippen LogP contribution in [0.5, 0.6) is 0 Å². The first-order valence-electron chi connectivity index (χ1n) is 3.65. The van der Waals surface area contributed by atoms with Crippen molar-refractivity contribution in [3.63, 3.8) is 0 Å². The van der Waals surface area contributed by atoms with Gasteiger partial charge in [0.05, 0.1) is 5.52 Å². The van der Waals surface area contributed by atoms with Gasteiger partial charge in [-0.05, 0) is 12.1 Å². The summed E-state index contributed by atoms with van der Waals surface area (Å²) in [4.78, 5) is 12.9. The van der Waals surface area contributed by atoms with E-state index in [1.165, 1.54) is 18.2 Å². The van der Waals surface area contributed by atoms with E-state index < -0.39 is 17.2 Å². The van der Waals surface area contributed by atoms with Crippen LogP contribution < -0.4 is 5.56 Å². The molecule has 0 atom stereocenters. The zero-order chi connectivity index (χ0) is 9.42. The van der Waals surface area contributed by atoms with Crippen molar-refractivity contribution in [3.05, 3.63) is 46.3 Å². The normalized spacial score (nSPS) is 10.6. The van der Waals surface area contributed by atoms with E-state index in [2.05, 4.69) is 4.98 Å². The van der Waals surface area contributed by atoms with Gasteiger partial charge in [0.1, 0.15) is 5.82 Å². The van der Waals surface area contributed by atoms with Crippen molar-refractivity contribution < 1.29 is 8.78 Å². The average Bonchev–Trinajstić information content (AvgIpc) is 2.09. The first kappa shape index (κ1) is 7.91. The van der Waals surface area contributed by atoms with Gasteiger partial charge in [-0.25, -0.2) is 8.78 Å². The van der Waals surface area contributed by atoms with Crippen LogP contribution in [0.2, 0.25) is 0 Å². The maximum absolute atomic E-state index is 13.0. The molecule has 0 aliphatic carbocycles. The third kappa shape index (κ3) is 1.20. The van der Waals surface area contributed by atoms with Crippen LogP contribution in [0.3, 0.4) is 0 Å². The van der Waals surface area contributed by atoms with Gasteiger partial charge >= 0.3 is 0 Å². The lowest BCUT2D eigenvalue weighted by molar-refractivity contribution is 0.607. The Morgan fingerprint density at radius 2 is 1.92 bits per heavy atom. The summed E-state index contributed by atoms with van der Waals surface area (Å²) >= 11 is 0. The quantitative estimate of drug-likeness (QED) is 0.660. The second-order valence-corrected chi connectivity index (χ2v) is 2.65. The van der Waals surface area contributed by atoms with Crippen molar-refractivity contribution in [1.82, 2.24) is 4.98 Å². The molecule has 0 unspecified atom stereocenters. The third-order valence-corrected chi connectivity index (χ3v) is 1.78. The van der Waals surface area contributed by atoms with Crippen LogP contribution in [0.15, 0.2) is 29.1 Å². The smallest absolute Gasteiger partial charge is 0.284 e. The molecule has 0 fully saturated rings. The van der Waals surface area contributed by atoms with E-state index >= 15 is 0 Å². The van der Waals surface area contributed by atoms with E-state index in [-0.39, 0.29) is 5.52 Å². The number of halogens is 2. The summed E-state index contributed by atoms with van der Waals surface area (Å²) in [7, 11) is 0. The fourth-order valence-electron chi connectivity index (χ4n) is 1.17. The molecule has 0 saturated heterocycles. The molecule has 0 aliphatic heterocycles. The number of aromatic amines is 1. The summed E-state index contributed by atoms with van der Waals surface area (Å²) in [5.74, 6) is -1.47. The number of benzene rings is 1.